The topological polar surface area (TPSA) is 58.4 Å². The number of rotatable bonds is 6. The zero-order valence-corrected chi connectivity index (χ0v) is 17.0. The maximum absolute atomic E-state index is 13.2. The first kappa shape index (κ1) is 20.4. The van der Waals surface area contributed by atoms with Crippen molar-refractivity contribution in [3.8, 4) is 11.1 Å². The molecule has 6 heteroatoms. The van der Waals surface area contributed by atoms with E-state index >= 15 is 0 Å². The first-order valence-corrected chi connectivity index (χ1v) is 9.84. The summed E-state index contributed by atoms with van der Waals surface area (Å²) in [5.41, 5.74) is 4.37. The number of hydrogen-bond donors (Lipinski definition) is 2. The second-order valence-corrected chi connectivity index (χ2v) is 7.18. The minimum absolute atomic E-state index is 0. The summed E-state index contributed by atoms with van der Waals surface area (Å²) in [6.07, 6.45) is 5.85. The monoisotopic (exact) mass is 398 g/mol. The van der Waals surface area contributed by atoms with Crippen LogP contribution in [-0.4, -0.2) is 28.5 Å². The van der Waals surface area contributed by atoms with Gasteiger partial charge in [0.2, 0.25) is 0 Å². The molecular weight excluding hydrogens is 372 g/mol. The number of unbranched alkanes of at least 4 members (excludes halogenated alkanes) is 1. The van der Waals surface area contributed by atoms with Crippen molar-refractivity contribution in [2.75, 3.05) is 18.4 Å². The van der Waals surface area contributed by atoms with E-state index in [1.807, 2.05) is 30.3 Å². The third kappa shape index (κ3) is 4.21. The van der Waals surface area contributed by atoms with Crippen molar-refractivity contribution in [3.63, 3.8) is 0 Å². The number of hydrogen-bond acceptors (Lipinski definition) is 4. The van der Waals surface area contributed by atoms with Gasteiger partial charge in [0.15, 0.2) is 0 Å². The van der Waals surface area contributed by atoms with Crippen LogP contribution in [0.15, 0.2) is 53.5 Å². The Morgan fingerprint density at radius 2 is 2.04 bits per heavy atom. The number of benzene rings is 1. The summed E-state index contributed by atoms with van der Waals surface area (Å²) < 4.78 is 1.64. The molecule has 3 aromatic rings. The van der Waals surface area contributed by atoms with Gasteiger partial charge in [0, 0.05) is 24.5 Å². The summed E-state index contributed by atoms with van der Waals surface area (Å²) in [4.78, 5) is 18.0. The first-order valence-electron chi connectivity index (χ1n) is 9.84. The molecule has 1 aliphatic heterocycles. The van der Waals surface area contributed by atoms with E-state index in [0.717, 1.165) is 61.3 Å². The van der Waals surface area contributed by atoms with Gasteiger partial charge < -0.3 is 10.6 Å². The molecule has 1 atom stereocenters. The molecule has 2 aromatic heterocycles. The van der Waals surface area contributed by atoms with E-state index in [2.05, 4.69) is 29.7 Å². The molecule has 3 heterocycles. The first-order chi connectivity index (χ1) is 13.3. The van der Waals surface area contributed by atoms with Gasteiger partial charge in [-0.25, -0.2) is 4.98 Å². The minimum atomic E-state index is 0. The second-order valence-electron chi connectivity index (χ2n) is 7.18. The molecular formula is C22H27ClN4O. The zero-order valence-electron chi connectivity index (χ0n) is 16.1. The van der Waals surface area contributed by atoms with Crippen molar-refractivity contribution in [2.24, 2.45) is 0 Å². The van der Waals surface area contributed by atoms with Crippen LogP contribution in [-0.2, 0) is 6.42 Å². The molecule has 1 aromatic carbocycles. The van der Waals surface area contributed by atoms with Crippen molar-refractivity contribution in [1.29, 1.82) is 0 Å². The standard InChI is InChI=1S/C22H26N4O.ClH/c1-2-3-6-19-21(22(27)26-14-5-4-7-20(26)25-19)16-8-10-17(11-9-16)24-18-12-13-23-15-18;/h4-5,7-11,14,18,23-24H,2-3,6,12-13,15H2,1H3;1H/t18-;/m1./s1. The Kier molecular flexibility index (Phi) is 6.70. The molecule has 1 fully saturated rings. The van der Waals surface area contributed by atoms with Gasteiger partial charge in [0.1, 0.15) is 5.65 Å². The molecule has 4 rings (SSSR count). The largest absolute Gasteiger partial charge is 0.381 e. The summed E-state index contributed by atoms with van der Waals surface area (Å²) in [5, 5.41) is 6.92. The number of fused-ring (bicyclic) bond motifs is 1. The van der Waals surface area contributed by atoms with Crippen molar-refractivity contribution < 1.29 is 0 Å². The molecule has 0 radical (unpaired) electrons. The summed E-state index contributed by atoms with van der Waals surface area (Å²) in [7, 11) is 0. The second kappa shape index (κ2) is 9.22. The maximum Gasteiger partial charge on any atom is 0.265 e. The average molecular weight is 399 g/mol. The van der Waals surface area contributed by atoms with Crippen molar-refractivity contribution >= 4 is 23.7 Å². The molecule has 148 valence electrons. The van der Waals surface area contributed by atoms with Gasteiger partial charge in [-0.3, -0.25) is 9.20 Å². The average Bonchev–Trinajstić information content (AvgIpc) is 3.20. The van der Waals surface area contributed by atoms with Crippen LogP contribution in [0.25, 0.3) is 16.8 Å². The van der Waals surface area contributed by atoms with E-state index in [1.165, 1.54) is 0 Å². The number of aryl methyl sites for hydroxylation is 1. The van der Waals surface area contributed by atoms with Gasteiger partial charge in [-0.1, -0.05) is 31.5 Å². The Morgan fingerprint density at radius 3 is 2.75 bits per heavy atom. The maximum atomic E-state index is 13.2. The number of nitrogens with one attached hydrogen (secondary N) is 2. The predicted molar refractivity (Wildman–Crippen MR) is 118 cm³/mol. The van der Waals surface area contributed by atoms with Crippen LogP contribution < -0.4 is 16.2 Å². The van der Waals surface area contributed by atoms with Crippen LogP contribution in [0, 0.1) is 0 Å². The molecule has 0 unspecified atom stereocenters. The molecule has 0 aliphatic carbocycles. The smallest absolute Gasteiger partial charge is 0.265 e. The summed E-state index contributed by atoms with van der Waals surface area (Å²) in [6, 6.07) is 14.4. The summed E-state index contributed by atoms with van der Waals surface area (Å²) in [5.74, 6) is 0. The van der Waals surface area contributed by atoms with Crippen LogP contribution in [0.5, 0.6) is 0 Å². The fourth-order valence-electron chi connectivity index (χ4n) is 3.70. The Bertz CT molecular complexity index is 978. The van der Waals surface area contributed by atoms with Gasteiger partial charge in [0.05, 0.1) is 11.3 Å². The van der Waals surface area contributed by atoms with Crippen LogP contribution in [0.2, 0.25) is 0 Å². The van der Waals surface area contributed by atoms with Crippen LogP contribution in [0.3, 0.4) is 0 Å². The van der Waals surface area contributed by atoms with Crippen LogP contribution in [0.4, 0.5) is 5.69 Å². The fourth-order valence-corrected chi connectivity index (χ4v) is 3.70. The van der Waals surface area contributed by atoms with Crippen LogP contribution in [0.1, 0.15) is 31.9 Å². The molecule has 1 saturated heterocycles. The Morgan fingerprint density at radius 1 is 1.21 bits per heavy atom. The molecule has 5 nitrogen and oxygen atoms in total. The number of aromatic nitrogens is 2. The lowest BCUT2D eigenvalue weighted by molar-refractivity contribution is 0.774. The predicted octanol–water partition coefficient (Wildman–Crippen LogP) is 3.90. The zero-order chi connectivity index (χ0) is 18.6. The van der Waals surface area contributed by atoms with Gasteiger partial charge in [-0.05, 0) is 55.6 Å². The van der Waals surface area contributed by atoms with Gasteiger partial charge in [-0.15, -0.1) is 12.4 Å². The molecule has 0 spiro atoms. The highest BCUT2D eigenvalue weighted by Gasteiger charge is 2.16. The minimum Gasteiger partial charge on any atom is -0.381 e. The third-order valence-electron chi connectivity index (χ3n) is 5.18. The Hall–Kier alpha value is -2.37. The third-order valence-corrected chi connectivity index (χ3v) is 5.18. The van der Waals surface area contributed by atoms with Crippen molar-refractivity contribution in [2.45, 2.75) is 38.6 Å². The van der Waals surface area contributed by atoms with Crippen LogP contribution >= 0.6 is 12.4 Å². The molecule has 0 saturated carbocycles. The van der Waals surface area contributed by atoms with E-state index in [4.69, 9.17) is 4.98 Å². The van der Waals surface area contributed by atoms with E-state index in [1.54, 1.807) is 10.6 Å². The quantitative estimate of drug-likeness (QED) is 0.661. The van der Waals surface area contributed by atoms with Gasteiger partial charge >= 0.3 is 0 Å². The summed E-state index contributed by atoms with van der Waals surface area (Å²) >= 11 is 0. The fraction of sp³-hybridized carbons (Fsp3) is 0.364. The lowest BCUT2D eigenvalue weighted by atomic mass is 10.0. The van der Waals surface area contributed by atoms with Gasteiger partial charge in [0.25, 0.3) is 5.56 Å². The molecule has 2 N–H and O–H groups in total. The van der Waals surface area contributed by atoms with Crippen molar-refractivity contribution in [1.82, 2.24) is 14.7 Å². The van der Waals surface area contributed by atoms with Gasteiger partial charge in [-0.2, -0.15) is 0 Å². The number of anilines is 1. The number of halogens is 1. The highest BCUT2D eigenvalue weighted by molar-refractivity contribution is 5.85. The lowest BCUT2D eigenvalue weighted by Crippen LogP contribution is -2.22. The summed E-state index contributed by atoms with van der Waals surface area (Å²) in [6.45, 7) is 4.22. The number of nitrogens with zero attached hydrogens (tertiary/aromatic N) is 2. The van der Waals surface area contributed by atoms with E-state index in [9.17, 15) is 4.79 Å². The van der Waals surface area contributed by atoms with E-state index in [-0.39, 0.29) is 18.0 Å². The highest BCUT2D eigenvalue weighted by Crippen LogP contribution is 2.23. The van der Waals surface area contributed by atoms with E-state index < -0.39 is 0 Å². The molecule has 0 bridgehead atoms. The Labute approximate surface area is 171 Å². The molecule has 0 amide bonds. The van der Waals surface area contributed by atoms with E-state index in [0.29, 0.717) is 11.7 Å². The highest BCUT2D eigenvalue weighted by atomic mass is 35.5. The normalized spacial score (nSPS) is 16.1. The molecule has 1 aliphatic rings. The van der Waals surface area contributed by atoms with Crippen molar-refractivity contribution in [3.05, 3.63) is 64.7 Å². The molecule has 28 heavy (non-hydrogen) atoms. The lowest BCUT2D eigenvalue weighted by Gasteiger charge is -2.14. The number of pyridine rings is 1. The SMILES string of the molecule is CCCCc1nc2ccccn2c(=O)c1-c1ccc(N[C@@H]2CCNC2)cc1.Cl. The Balaban J connectivity index is 0.00000225.